The second-order valence-corrected chi connectivity index (χ2v) is 7.56. The van der Waals surface area contributed by atoms with E-state index in [0.29, 0.717) is 5.57 Å². The molecular formula is C22H23F4N3O5. The number of hydrogen-bond donors (Lipinski definition) is 4. The maximum atomic E-state index is 14.6. The molecule has 0 spiro atoms. The number of hydrogen-bond acceptors (Lipinski definition) is 6. The zero-order chi connectivity index (χ0) is 25.0. The maximum Gasteiger partial charge on any atom is 0.419 e. The smallest absolute Gasteiger partial charge is 0.419 e. The van der Waals surface area contributed by atoms with Gasteiger partial charge in [-0.3, -0.25) is 4.98 Å². The lowest BCUT2D eigenvalue weighted by Gasteiger charge is -2.27. The van der Waals surface area contributed by atoms with E-state index in [2.05, 4.69) is 10.3 Å². The fraction of sp³-hybridized carbons (Fsp3) is 0.364. The number of nitrogens with one attached hydrogen (secondary N) is 1. The lowest BCUT2D eigenvalue weighted by atomic mass is 10.0. The summed E-state index contributed by atoms with van der Waals surface area (Å²) in [7, 11) is 1.10. The summed E-state index contributed by atoms with van der Waals surface area (Å²) in [5, 5.41) is 30.8. The zero-order valence-electron chi connectivity index (χ0n) is 18.0. The van der Waals surface area contributed by atoms with Crippen LogP contribution in [0, 0.1) is 5.82 Å². The Morgan fingerprint density at radius 1 is 1.29 bits per heavy atom. The molecule has 0 unspecified atom stereocenters. The van der Waals surface area contributed by atoms with Crippen molar-refractivity contribution in [2.45, 2.75) is 24.8 Å². The minimum absolute atomic E-state index is 0.00665. The van der Waals surface area contributed by atoms with E-state index in [1.165, 1.54) is 11.1 Å². The quantitative estimate of drug-likeness (QED) is 0.468. The second-order valence-electron chi connectivity index (χ2n) is 7.56. The summed E-state index contributed by atoms with van der Waals surface area (Å²) in [4.78, 5) is 17.9. The van der Waals surface area contributed by atoms with Crippen molar-refractivity contribution in [3.8, 4) is 5.75 Å². The van der Waals surface area contributed by atoms with Crippen LogP contribution in [-0.4, -0.2) is 64.1 Å². The summed E-state index contributed by atoms with van der Waals surface area (Å²) in [6.45, 7) is -0.398. The first kappa shape index (κ1) is 25.4. The van der Waals surface area contributed by atoms with E-state index in [1.807, 2.05) is 0 Å². The Labute approximate surface area is 192 Å². The Bertz CT molecular complexity index is 1080. The first-order valence-electron chi connectivity index (χ1n) is 10.2. The lowest BCUT2D eigenvalue weighted by Crippen LogP contribution is -2.38. The van der Waals surface area contributed by atoms with Gasteiger partial charge in [-0.15, -0.1) is 0 Å². The summed E-state index contributed by atoms with van der Waals surface area (Å²) in [6, 6.07) is 3.48. The summed E-state index contributed by atoms with van der Waals surface area (Å²) in [5.74, 6) is -1.16. The summed E-state index contributed by atoms with van der Waals surface area (Å²) >= 11 is 0. The van der Waals surface area contributed by atoms with Gasteiger partial charge >= 0.3 is 12.2 Å². The van der Waals surface area contributed by atoms with E-state index in [0.717, 1.165) is 31.4 Å². The number of pyridine rings is 1. The molecule has 0 fully saturated rings. The van der Waals surface area contributed by atoms with Gasteiger partial charge in [0, 0.05) is 36.6 Å². The van der Waals surface area contributed by atoms with Crippen LogP contribution in [-0.2, 0) is 6.18 Å². The Balaban J connectivity index is 1.67. The van der Waals surface area contributed by atoms with Gasteiger partial charge < -0.3 is 30.3 Å². The number of carbonyl (C=O) groups is 1. The summed E-state index contributed by atoms with van der Waals surface area (Å²) < 4.78 is 58.3. The third-order valence-corrected chi connectivity index (χ3v) is 5.31. The van der Waals surface area contributed by atoms with Crippen LogP contribution in [0.15, 0.2) is 36.5 Å². The van der Waals surface area contributed by atoms with E-state index >= 15 is 0 Å². The van der Waals surface area contributed by atoms with Crippen molar-refractivity contribution in [1.82, 2.24) is 9.88 Å². The Morgan fingerprint density at radius 2 is 2.03 bits per heavy atom. The van der Waals surface area contributed by atoms with Crippen LogP contribution < -0.4 is 10.1 Å². The number of urea groups is 1. The van der Waals surface area contributed by atoms with Gasteiger partial charge in [0.1, 0.15) is 29.5 Å². The van der Waals surface area contributed by atoms with Crippen LogP contribution in [0.3, 0.4) is 0 Å². The average molecular weight is 485 g/mol. The molecule has 184 valence electrons. The molecule has 0 saturated heterocycles. The molecule has 2 aromatic rings. The topological polar surface area (TPSA) is 115 Å². The van der Waals surface area contributed by atoms with Crippen molar-refractivity contribution < 1.29 is 42.4 Å². The molecular weight excluding hydrogens is 462 g/mol. The lowest BCUT2D eigenvalue weighted by molar-refractivity contribution is -0.138. The number of methoxy groups -OCH3 is 1. The van der Waals surface area contributed by atoms with Gasteiger partial charge in [0.2, 0.25) is 0 Å². The molecule has 8 nitrogen and oxygen atoms in total. The normalized spacial score (nSPS) is 16.0. The third-order valence-electron chi connectivity index (χ3n) is 5.31. The number of amides is 2. The number of carbonyl (C=O) groups excluding carboxylic acids is 1. The number of aliphatic hydroxyl groups excluding tert-OH is 3. The fourth-order valence-corrected chi connectivity index (χ4v) is 3.45. The first-order chi connectivity index (χ1) is 16.0. The molecule has 3 rings (SSSR count). The molecule has 1 aliphatic heterocycles. The van der Waals surface area contributed by atoms with Crippen LogP contribution in [0.25, 0.3) is 5.57 Å². The number of aromatic nitrogens is 1. The Hall–Kier alpha value is -3.22. The molecule has 0 bridgehead atoms. The van der Waals surface area contributed by atoms with Gasteiger partial charge in [0.05, 0.1) is 19.3 Å². The van der Waals surface area contributed by atoms with E-state index in [1.54, 1.807) is 6.08 Å². The molecule has 2 atom stereocenters. The van der Waals surface area contributed by atoms with Crippen molar-refractivity contribution in [1.29, 1.82) is 0 Å². The number of benzene rings is 1. The van der Waals surface area contributed by atoms with Gasteiger partial charge in [0.25, 0.3) is 0 Å². The average Bonchev–Trinajstić information content (AvgIpc) is 2.82. The minimum Gasteiger partial charge on any atom is -0.496 e. The van der Waals surface area contributed by atoms with E-state index < -0.39 is 48.2 Å². The molecule has 2 heterocycles. The third kappa shape index (κ3) is 5.64. The predicted octanol–water partition coefficient (Wildman–Crippen LogP) is 2.96. The maximum absolute atomic E-state index is 14.6. The first-order valence-corrected chi connectivity index (χ1v) is 10.2. The predicted molar refractivity (Wildman–Crippen MR) is 113 cm³/mol. The van der Waals surface area contributed by atoms with Crippen LogP contribution in [0.4, 0.5) is 28.0 Å². The van der Waals surface area contributed by atoms with Crippen LogP contribution in [0.5, 0.6) is 5.75 Å². The van der Waals surface area contributed by atoms with Gasteiger partial charge in [-0.2, -0.15) is 13.2 Å². The number of alkyl halides is 3. The van der Waals surface area contributed by atoms with Crippen molar-refractivity contribution in [2.24, 2.45) is 0 Å². The Morgan fingerprint density at radius 3 is 2.59 bits per heavy atom. The summed E-state index contributed by atoms with van der Waals surface area (Å²) in [6.07, 6.45) is -4.52. The van der Waals surface area contributed by atoms with Crippen LogP contribution >= 0.6 is 0 Å². The minimum atomic E-state index is -4.60. The molecule has 0 saturated carbocycles. The van der Waals surface area contributed by atoms with Gasteiger partial charge in [-0.25, -0.2) is 9.18 Å². The molecule has 34 heavy (non-hydrogen) atoms. The van der Waals surface area contributed by atoms with Crippen molar-refractivity contribution in [3.63, 3.8) is 0 Å². The number of halogens is 4. The molecule has 1 aromatic carbocycles. The highest BCUT2D eigenvalue weighted by molar-refractivity contribution is 5.90. The highest BCUT2D eigenvalue weighted by Gasteiger charge is 2.34. The number of nitrogens with zero attached hydrogens (tertiary/aromatic N) is 2. The molecule has 0 aliphatic carbocycles. The number of ether oxygens (including phenoxy) is 1. The summed E-state index contributed by atoms with van der Waals surface area (Å²) in [5.41, 5.74) is -0.273. The van der Waals surface area contributed by atoms with Gasteiger partial charge in [-0.1, -0.05) is 6.08 Å². The number of aliphatic hydroxyl groups is 3. The highest BCUT2D eigenvalue weighted by Crippen LogP contribution is 2.37. The Kier molecular flexibility index (Phi) is 7.75. The second kappa shape index (κ2) is 10.4. The van der Waals surface area contributed by atoms with Crippen LogP contribution in [0.1, 0.15) is 29.3 Å². The van der Waals surface area contributed by atoms with Crippen molar-refractivity contribution in [3.05, 3.63) is 59.2 Å². The van der Waals surface area contributed by atoms with E-state index in [-0.39, 0.29) is 36.5 Å². The molecule has 2 amide bonds. The van der Waals surface area contributed by atoms with Gasteiger partial charge in [-0.05, 0) is 30.2 Å². The molecule has 0 radical (unpaired) electrons. The highest BCUT2D eigenvalue weighted by atomic mass is 19.4. The zero-order valence-corrected chi connectivity index (χ0v) is 18.0. The molecule has 1 aliphatic rings. The molecule has 4 N–H and O–H groups in total. The van der Waals surface area contributed by atoms with Crippen molar-refractivity contribution in [2.75, 3.05) is 32.1 Å². The monoisotopic (exact) mass is 485 g/mol. The largest absolute Gasteiger partial charge is 0.496 e. The van der Waals surface area contributed by atoms with Gasteiger partial charge in [0.15, 0.2) is 0 Å². The van der Waals surface area contributed by atoms with E-state index in [9.17, 15) is 32.6 Å². The van der Waals surface area contributed by atoms with Crippen LogP contribution in [0.2, 0.25) is 0 Å². The molecule has 1 aromatic heterocycles. The number of rotatable bonds is 6. The fourth-order valence-electron chi connectivity index (χ4n) is 3.45. The standard InChI is InChI=1S/C22H23F4N3O5/c1-34-18-9-14(2-3-15(18)22(24,25)26)28-21(33)29-6-4-12(5-7-29)19-16(23)8-13(10-27-19)20(32)17(31)11-30/h2-4,8-10,17,20,30-32H,5-7,11H2,1H3,(H,28,33)/t17-,20-/m1/s1. The number of anilines is 1. The van der Waals surface area contributed by atoms with E-state index in [4.69, 9.17) is 9.84 Å². The molecule has 12 heteroatoms. The SMILES string of the molecule is COc1cc(NC(=O)N2CC=C(c3ncc([C@@H](O)[C@H](O)CO)cc3F)CC2)ccc1C(F)(F)F. The van der Waals surface area contributed by atoms with Crippen molar-refractivity contribution >= 4 is 17.3 Å².